The molecule has 9 nitrogen and oxygen atoms in total. The third kappa shape index (κ3) is 4.06. The number of benzene rings is 3. The van der Waals surface area contributed by atoms with Crippen molar-refractivity contribution in [2.45, 2.75) is 0 Å². The number of fused-ring (bicyclic) bond motifs is 3. The average molecular weight is 455 g/mol. The van der Waals surface area contributed by atoms with E-state index in [1.165, 1.54) is 19.2 Å². The predicted molar refractivity (Wildman–Crippen MR) is 117 cm³/mol. The molecule has 32 heavy (non-hydrogen) atoms. The Bertz CT molecular complexity index is 1380. The van der Waals surface area contributed by atoms with Gasteiger partial charge in [-0.2, -0.15) is 0 Å². The highest BCUT2D eigenvalue weighted by atomic mass is 35.5. The van der Waals surface area contributed by atoms with E-state index in [9.17, 15) is 19.7 Å². The van der Waals surface area contributed by atoms with Gasteiger partial charge in [0.2, 0.25) is 0 Å². The number of carbonyl (C=O) groups excluding carboxylic acids is 2. The van der Waals surface area contributed by atoms with Crippen LogP contribution in [0.3, 0.4) is 0 Å². The van der Waals surface area contributed by atoms with Crippen LogP contribution in [0.25, 0.3) is 21.9 Å². The molecule has 4 rings (SSSR count). The largest absolute Gasteiger partial charge is 0.495 e. The summed E-state index contributed by atoms with van der Waals surface area (Å²) in [4.78, 5) is 35.0. The summed E-state index contributed by atoms with van der Waals surface area (Å²) < 4.78 is 16.1. The minimum Gasteiger partial charge on any atom is -0.495 e. The van der Waals surface area contributed by atoms with Crippen LogP contribution in [0.15, 0.2) is 59.0 Å². The zero-order chi connectivity index (χ0) is 22.8. The van der Waals surface area contributed by atoms with Gasteiger partial charge >= 0.3 is 5.97 Å². The van der Waals surface area contributed by atoms with Gasteiger partial charge in [0, 0.05) is 27.9 Å². The first-order valence-corrected chi connectivity index (χ1v) is 9.65. The van der Waals surface area contributed by atoms with Crippen molar-refractivity contribution < 1.29 is 28.4 Å². The number of ether oxygens (including phenoxy) is 2. The van der Waals surface area contributed by atoms with Crippen molar-refractivity contribution in [2.75, 3.05) is 19.0 Å². The van der Waals surface area contributed by atoms with Crippen LogP contribution in [0.4, 0.5) is 11.4 Å². The van der Waals surface area contributed by atoms with Crippen LogP contribution >= 0.6 is 11.6 Å². The van der Waals surface area contributed by atoms with Crippen LogP contribution in [0, 0.1) is 10.1 Å². The van der Waals surface area contributed by atoms with E-state index in [4.69, 9.17) is 25.5 Å². The molecule has 4 aromatic rings. The highest BCUT2D eigenvalue weighted by Crippen LogP contribution is 2.36. The molecule has 0 fully saturated rings. The van der Waals surface area contributed by atoms with Crippen molar-refractivity contribution in [3.63, 3.8) is 0 Å². The summed E-state index contributed by atoms with van der Waals surface area (Å²) in [5, 5.41) is 15.5. The minimum absolute atomic E-state index is 0.0964. The molecule has 0 aliphatic carbocycles. The topological polar surface area (TPSA) is 121 Å². The molecule has 1 aromatic heterocycles. The quantitative estimate of drug-likeness (QED) is 0.248. The van der Waals surface area contributed by atoms with E-state index >= 15 is 0 Å². The number of hydrogen-bond donors (Lipinski definition) is 1. The molecule has 1 amide bonds. The second kappa shape index (κ2) is 8.56. The maximum Gasteiger partial charge on any atom is 0.345 e. The molecular formula is C22H15ClN2O7. The van der Waals surface area contributed by atoms with E-state index in [1.807, 2.05) is 24.3 Å². The number of hydrogen-bond acceptors (Lipinski definition) is 7. The number of methoxy groups -OCH3 is 1. The number of nitro groups is 1. The second-order valence-electron chi connectivity index (χ2n) is 6.69. The van der Waals surface area contributed by atoms with Gasteiger partial charge in [-0.15, -0.1) is 0 Å². The summed E-state index contributed by atoms with van der Waals surface area (Å²) in [7, 11) is 1.46. The number of anilines is 1. The summed E-state index contributed by atoms with van der Waals surface area (Å²) in [5.74, 6) is -1.30. The highest BCUT2D eigenvalue weighted by Gasteiger charge is 2.23. The molecular weight excluding hydrogens is 440 g/mol. The van der Waals surface area contributed by atoms with Gasteiger partial charge in [-0.05, 0) is 24.3 Å². The number of rotatable bonds is 6. The molecule has 0 bridgehead atoms. The summed E-state index contributed by atoms with van der Waals surface area (Å²) >= 11 is 5.74. The van der Waals surface area contributed by atoms with Crippen LogP contribution in [-0.2, 0) is 9.53 Å². The monoisotopic (exact) mass is 454 g/mol. The van der Waals surface area contributed by atoms with Crippen LogP contribution in [0.5, 0.6) is 5.75 Å². The number of halogens is 1. The summed E-state index contributed by atoms with van der Waals surface area (Å²) in [6.45, 7) is -0.667. The number of nitro benzene ring substituents is 1. The summed E-state index contributed by atoms with van der Waals surface area (Å²) in [6.07, 6.45) is 0. The molecule has 0 spiro atoms. The average Bonchev–Trinajstić information content (AvgIpc) is 3.14. The molecule has 0 aliphatic heterocycles. The predicted octanol–water partition coefficient (Wildman–Crippen LogP) is 4.95. The van der Waals surface area contributed by atoms with Gasteiger partial charge in [0.15, 0.2) is 6.61 Å². The fraction of sp³-hybridized carbons (Fsp3) is 0.0909. The molecule has 1 N–H and O–H groups in total. The Morgan fingerprint density at radius 1 is 1.09 bits per heavy atom. The summed E-state index contributed by atoms with van der Waals surface area (Å²) in [6, 6.07) is 14.3. The first-order chi connectivity index (χ1) is 15.4. The number of nitrogens with zero attached hydrogens (tertiary/aromatic N) is 1. The second-order valence-corrected chi connectivity index (χ2v) is 7.13. The number of nitrogens with one attached hydrogen (secondary N) is 1. The van der Waals surface area contributed by atoms with E-state index in [0.717, 1.165) is 16.8 Å². The maximum atomic E-state index is 12.4. The van der Waals surface area contributed by atoms with Gasteiger partial charge < -0.3 is 19.2 Å². The van der Waals surface area contributed by atoms with E-state index < -0.39 is 29.1 Å². The Morgan fingerprint density at radius 2 is 1.88 bits per heavy atom. The van der Waals surface area contributed by atoms with Crippen LogP contribution in [0.1, 0.15) is 10.4 Å². The lowest BCUT2D eigenvalue weighted by Crippen LogP contribution is -2.21. The number of para-hydroxylation sites is 1. The van der Waals surface area contributed by atoms with E-state index in [2.05, 4.69) is 5.32 Å². The summed E-state index contributed by atoms with van der Waals surface area (Å²) in [5.41, 5.74) is 0.716. The van der Waals surface area contributed by atoms with Crippen molar-refractivity contribution in [1.29, 1.82) is 0 Å². The highest BCUT2D eigenvalue weighted by molar-refractivity contribution is 6.31. The molecule has 0 atom stereocenters. The molecule has 0 aliphatic rings. The van der Waals surface area contributed by atoms with Gasteiger partial charge in [0.05, 0.1) is 17.7 Å². The maximum absolute atomic E-state index is 12.4. The molecule has 0 unspecified atom stereocenters. The Morgan fingerprint density at radius 3 is 2.62 bits per heavy atom. The Balaban J connectivity index is 1.51. The molecule has 0 saturated heterocycles. The number of esters is 1. The number of amides is 1. The third-order valence-corrected chi connectivity index (χ3v) is 4.92. The van der Waals surface area contributed by atoms with E-state index in [0.29, 0.717) is 22.6 Å². The molecule has 1 heterocycles. The van der Waals surface area contributed by atoms with Crippen molar-refractivity contribution in [3.8, 4) is 5.75 Å². The first-order valence-electron chi connectivity index (χ1n) is 9.27. The third-order valence-electron chi connectivity index (χ3n) is 4.68. The van der Waals surface area contributed by atoms with E-state index in [-0.39, 0.29) is 10.6 Å². The first kappa shape index (κ1) is 21.1. The minimum atomic E-state index is -1.02. The Hall–Kier alpha value is -4.11. The Kier molecular flexibility index (Phi) is 5.65. The molecule has 0 saturated carbocycles. The zero-order valence-electron chi connectivity index (χ0n) is 16.6. The van der Waals surface area contributed by atoms with Crippen LogP contribution < -0.4 is 10.1 Å². The fourth-order valence-corrected chi connectivity index (χ4v) is 3.41. The van der Waals surface area contributed by atoms with Crippen molar-refractivity contribution >= 4 is 56.8 Å². The SMILES string of the molecule is COc1cc2c(cc1NC(=O)COC(=O)c1ccc(Cl)cc1[N+](=O)[O-])oc1ccccc12. The number of furan rings is 1. The normalized spacial score (nSPS) is 10.8. The molecule has 3 aromatic carbocycles. The lowest BCUT2D eigenvalue weighted by atomic mass is 10.1. The van der Waals surface area contributed by atoms with Crippen molar-refractivity contribution in [2.24, 2.45) is 0 Å². The smallest absolute Gasteiger partial charge is 0.345 e. The lowest BCUT2D eigenvalue weighted by molar-refractivity contribution is -0.385. The van der Waals surface area contributed by atoms with Gasteiger partial charge in [-0.1, -0.05) is 29.8 Å². The van der Waals surface area contributed by atoms with Gasteiger partial charge in [0.1, 0.15) is 22.5 Å². The molecule has 10 heteroatoms. The van der Waals surface area contributed by atoms with Crippen molar-refractivity contribution in [3.05, 3.63) is 75.3 Å². The lowest BCUT2D eigenvalue weighted by Gasteiger charge is -2.11. The van der Waals surface area contributed by atoms with Crippen LogP contribution in [-0.4, -0.2) is 30.5 Å². The molecule has 162 valence electrons. The molecule has 0 radical (unpaired) electrons. The van der Waals surface area contributed by atoms with E-state index in [1.54, 1.807) is 12.1 Å². The Labute approximate surface area is 185 Å². The standard InChI is InChI=1S/C22H15ClN2O7/c1-30-20-9-15-13-4-2-3-5-18(13)32-19(15)10-16(20)24-21(26)11-31-22(27)14-7-6-12(23)8-17(14)25(28)29/h2-10H,11H2,1H3,(H,24,26). The van der Waals surface area contributed by atoms with Gasteiger partial charge in [-0.3, -0.25) is 14.9 Å². The fourth-order valence-electron chi connectivity index (χ4n) is 3.24. The van der Waals surface area contributed by atoms with Crippen LogP contribution in [0.2, 0.25) is 5.02 Å². The zero-order valence-corrected chi connectivity index (χ0v) is 17.3. The van der Waals surface area contributed by atoms with Gasteiger partial charge in [0.25, 0.3) is 11.6 Å². The number of carbonyl (C=O) groups is 2. The van der Waals surface area contributed by atoms with Gasteiger partial charge in [-0.25, -0.2) is 4.79 Å². The van der Waals surface area contributed by atoms with Crippen molar-refractivity contribution in [1.82, 2.24) is 0 Å².